The Bertz CT molecular complexity index is 584. The molecule has 2 aromatic carbocycles. The highest BCUT2D eigenvalue weighted by molar-refractivity contribution is 5.29. The van der Waals surface area contributed by atoms with Crippen LogP contribution in [0.5, 0.6) is 0 Å². The summed E-state index contributed by atoms with van der Waals surface area (Å²) < 4.78 is 0. The SMILES string of the molecule is Cc1ccccc1[C@@H](C)NC(CC#N)c1ccccc1. The molecule has 0 fully saturated rings. The van der Waals surface area contributed by atoms with Gasteiger partial charge >= 0.3 is 0 Å². The molecule has 0 bridgehead atoms. The molecule has 0 aromatic heterocycles. The minimum absolute atomic E-state index is 0.0656. The molecule has 2 aromatic rings. The largest absolute Gasteiger partial charge is 0.302 e. The van der Waals surface area contributed by atoms with E-state index < -0.39 is 0 Å². The van der Waals surface area contributed by atoms with Crippen molar-refractivity contribution in [3.63, 3.8) is 0 Å². The summed E-state index contributed by atoms with van der Waals surface area (Å²) in [5.74, 6) is 0. The zero-order valence-corrected chi connectivity index (χ0v) is 12.0. The van der Waals surface area contributed by atoms with Crippen LogP contribution in [-0.2, 0) is 0 Å². The molecule has 0 radical (unpaired) electrons. The minimum atomic E-state index is 0.0656. The predicted octanol–water partition coefficient (Wildman–Crippen LogP) is 4.30. The molecular formula is C18H20N2. The summed E-state index contributed by atoms with van der Waals surface area (Å²) in [6.07, 6.45) is 0.472. The Labute approximate surface area is 121 Å². The van der Waals surface area contributed by atoms with Gasteiger partial charge in [-0.2, -0.15) is 5.26 Å². The lowest BCUT2D eigenvalue weighted by molar-refractivity contribution is 0.471. The summed E-state index contributed by atoms with van der Waals surface area (Å²) in [6.45, 7) is 4.27. The van der Waals surface area contributed by atoms with Crippen molar-refractivity contribution in [2.24, 2.45) is 0 Å². The van der Waals surface area contributed by atoms with Crippen molar-refractivity contribution in [1.29, 1.82) is 5.26 Å². The molecule has 2 heteroatoms. The van der Waals surface area contributed by atoms with Gasteiger partial charge in [-0.15, -0.1) is 0 Å². The fourth-order valence-corrected chi connectivity index (χ4v) is 2.51. The van der Waals surface area contributed by atoms with Crippen molar-refractivity contribution in [2.45, 2.75) is 32.4 Å². The van der Waals surface area contributed by atoms with E-state index >= 15 is 0 Å². The highest BCUT2D eigenvalue weighted by atomic mass is 14.9. The lowest BCUT2D eigenvalue weighted by atomic mass is 9.99. The zero-order chi connectivity index (χ0) is 14.4. The lowest BCUT2D eigenvalue weighted by Crippen LogP contribution is -2.25. The van der Waals surface area contributed by atoms with E-state index in [4.69, 9.17) is 5.26 Å². The molecule has 0 spiro atoms. The van der Waals surface area contributed by atoms with Gasteiger partial charge in [-0.05, 0) is 30.5 Å². The van der Waals surface area contributed by atoms with Crippen LogP contribution >= 0.6 is 0 Å². The van der Waals surface area contributed by atoms with E-state index in [0.29, 0.717) is 6.42 Å². The van der Waals surface area contributed by atoms with Crippen LogP contribution in [0.1, 0.15) is 42.1 Å². The number of rotatable bonds is 5. The molecule has 1 N–H and O–H groups in total. The summed E-state index contributed by atoms with van der Waals surface area (Å²) in [5.41, 5.74) is 3.72. The topological polar surface area (TPSA) is 35.8 Å². The van der Waals surface area contributed by atoms with E-state index in [-0.39, 0.29) is 12.1 Å². The number of nitriles is 1. The van der Waals surface area contributed by atoms with Crippen LogP contribution < -0.4 is 5.32 Å². The molecule has 0 aliphatic heterocycles. The molecule has 102 valence electrons. The molecule has 2 rings (SSSR count). The van der Waals surface area contributed by atoms with Gasteiger partial charge in [0.25, 0.3) is 0 Å². The zero-order valence-electron chi connectivity index (χ0n) is 12.0. The second-order valence-electron chi connectivity index (χ2n) is 5.07. The Balaban J connectivity index is 2.17. The van der Waals surface area contributed by atoms with Crippen LogP contribution in [0.25, 0.3) is 0 Å². The lowest BCUT2D eigenvalue weighted by Gasteiger charge is -2.23. The molecule has 0 aliphatic carbocycles. The third-order valence-electron chi connectivity index (χ3n) is 3.60. The van der Waals surface area contributed by atoms with Gasteiger partial charge in [-0.3, -0.25) is 0 Å². The summed E-state index contributed by atoms with van der Waals surface area (Å²) in [5, 5.41) is 12.6. The smallest absolute Gasteiger partial charge is 0.0641 e. The first-order valence-corrected chi connectivity index (χ1v) is 6.96. The molecule has 20 heavy (non-hydrogen) atoms. The van der Waals surface area contributed by atoms with Crippen LogP contribution in [0.3, 0.4) is 0 Å². The van der Waals surface area contributed by atoms with Gasteiger partial charge in [-0.1, -0.05) is 54.6 Å². The van der Waals surface area contributed by atoms with Crippen molar-refractivity contribution in [2.75, 3.05) is 0 Å². The highest BCUT2D eigenvalue weighted by Gasteiger charge is 2.15. The second-order valence-corrected chi connectivity index (χ2v) is 5.07. The number of benzene rings is 2. The fourth-order valence-electron chi connectivity index (χ4n) is 2.51. The predicted molar refractivity (Wildman–Crippen MR) is 82.1 cm³/mol. The Morgan fingerprint density at radius 3 is 2.35 bits per heavy atom. The molecule has 0 saturated heterocycles. The third-order valence-corrected chi connectivity index (χ3v) is 3.60. The summed E-state index contributed by atoms with van der Waals surface area (Å²) in [7, 11) is 0. The van der Waals surface area contributed by atoms with Crippen molar-refractivity contribution >= 4 is 0 Å². The first kappa shape index (κ1) is 14.3. The van der Waals surface area contributed by atoms with Gasteiger partial charge in [0.05, 0.1) is 12.5 Å². The van der Waals surface area contributed by atoms with Crippen LogP contribution in [0.15, 0.2) is 54.6 Å². The van der Waals surface area contributed by atoms with E-state index in [0.717, 1.165) is 5.56 Å². The first-order valence-electron chi connectivity index (χ1n) is 6.96. The maximum Gasteiger partial charge on any atom is 0.0641 e. The molecule has 2 nitrogen and oxygen atoms in total. The molecule has 0 heterocycles. The number of hydrogen-bond donors (Lipinski definition) is 1. The molecule has 0 amide bonds. The van der Waals surface area contributed by atoms with E-state index in [9.17, 15) is 0 Å². The summed E-state index contributed by atoms with van der Waals surface area (Å²) in [4.78, 5) is 0. The number of nitrogens with zero attached hydrogens (tertiary/aromatic N) is 1. The van der Waals surface area contributed by atoms with Crippen molar-refractivity contribution in [1.82, 2.24) is 5.32 Å². The highest BCUT2D eigenvalue weighted by Crippen LogP contribution is 2.23. The van der Waals surface area contributed by atoms with Crippen LogP contribution in [0.4, 0.5) is 0 Å². The Hall–Kier alpha value is -2.11. The van der Waals surface area contributed by atoms with Gasteiger partial charge in [0, 0.05) is 12.1 Å². The molecule has 0 aliphatic rings. The van der Waals surface area contributed by atoms with E-state index in [1.165, 1.54) is 11.1 Å². The van der Waals surface area contributed by atoms with Crippen LogP contribution in [0.2, 0.25) is 0 Å². The number of nitrogens with one attached hydrogen (secondary N) is 1. The van der Waals surface area contributed by atoms with Crippen LogP contribution in [0, 0.1) is 18.3 Å². The monoisotopic (exact) mass is 264 g/mol. The first-order chi connectivity index (χ1) is 9.72. The summed E-state index contributed by atoms with van der Waals surface area (Å²) in [6, 6.07) is 21.1. The maximum atomic E-state index is 9.05. The summed E-state index contributed by atoms with van der Waals surface area (Å²) >= 11 is 0. The molecule has 2 atom stereocenters. The van der Waals surface area contributed by atoms with Crippen LogP contribution in [-0.4, -0.2) is 0 Å². The van der Waals surface area contributed by atoms with E-state index in [1.807, 2.05) is 18.2 Å². The third kappa shape index (κ3) is 3.46. The molecule has 1 unspecified atom stereocenters. The van der Waals surface area contributed by atoms with Gasteiger partial charge in [0.15, 0.2) is 0 Å². The van der Waals surface area contributed by atoms with Gasteiger partial charge < -0.3 is 5.32 Å². The van der Waals surface area contributed by atoms with Gasteiger partial charge in [-0.25, -0.2) is 0 Å². The minimum Gasteiger partial charge on any atom is -0.302 e. The van der Waals surface area contributed by atoms with Crippen molar-refractivity contribution in [3.8, 4) is 6.07 Å². The Morgan fingerprint density at radius 2 is 1.70 bits per heavy atom. The number of hydrogen-bond acceptors (Lipinski definition) is 2. The van der Waals surface area contributed by atoms with E-state index in [2.05, 4.69) is 61.6 Å². The molecule has 0 saturated carbocycles. The Morgan fingerprint density at radius 1 is 1.05 bits per heavy atom. The quantitative estimate of drug-likeness (QED) is 0.874. The standard InChI is InChI=1S/C18H20N2/c1-14-8-6-7-11-17(14)15(2)20-18(12-13-19)16-9-4-3-5-10-16/h3-11,15,18,20H,12H2,1-2H3/t15-,18?/m1/s1. The Kier molecular flexibility index (Phi) is 4.92. The average Bonchev–Trinajstić information content (AvgIpc) is 2.48. The second kappa shape index (κ2) is 6.88. The maximum absolute atomic E-state index is 9.05. The molecular weight excluding hydrogens is 244 g/mol. The van der Waals surface area contributed by atoms with E-state index in [1.54, 1.807) is 0 Å². The van der Waals surface area contributed by atoms with Crippen molar-refractivity contribution < 1.29 is 0 Å². The fraction of sp³-hybridized carbons (Fsp3) is 0.278. The van der Waals surface area contributed by atoms with Crippen molar-refractivity contribution in [3.05, 3.63) is 71.3 Å². The average molecular weight is 264 g/mol. The van der Waals surface area contributed by atoms with Gasteiger partial charge in [0.1, 0.15) is 0 Å². The normalized spacial score (nSPS) is 13.4. The number of aryl methyl sites for hydroxylation is 1. The van der Waals surface area contributed by atoms with Gasteiger partial charge in [0.2, 0.25) is 0 Å².